The first-order valence-electron chi connectivity index (χ1n) is 7.94. The Kier molecular flexibility index (Phi) is 6.42. The van der Waals surface area contributed by atoms with Crippen molar-refractivity contribution in [3.63, 3.8) is 0 Å². The van der Waals surface area contributed by atoms with Crippen LogP contribution in [0.4, 0.5) is 32.0 Å². The Bertz CT molecular complexity index is 801. The molecule has 2 aromatic carbocycles. The molecule has 0 atom stereocenters. The Morgan fingerprint density at radius 3 is 2.04 bits per heavy atom. The van der Waals surface area contributed by atoms with E-state index in [1.165, 1.54) is 6.07 Å². The van der Waals surface area contributed by atoms with Crippen LogP contribution in [0.3, 0.4) is 0 Å². The van der Waals surface area contributed by atoms with Gasteiger partial charge >= 0.3 is 12.4 Å². The van der Waals surface area contributed by atoms with E-state index in [0.29, 0.717) is 24.5 Å². The summed E-state index contributed by atoms with van der Waals surface area (Å²) < 4.78 is 87.1. The van der Waals surface area contributed by atoms with Crippen LogP contribution < -0.4 is 14.8 Å². The van der Waals surface area contributed by atoms with Crippen molar-refractivity contribution in [2.45, 2.75) is 19.3 Å². The van der Waals surface area contributed by atoms with Gasteiger partial charge in [0, 0.05) is 0 Å². The van der Waals surface area contributed by atoms with E-state index in [0.717, 1.165) is 0 Å². The van der Waals surface area contributed by atoms with Crippen molar-refractivity contribution >= 4 is 11.6 Å². The van der Waals surface area contributed by atoms with Gasteiger partial charge in [-0.05, 0) is 37.3 Å². The molecule has 0 heterocycles. The molecule has 0 unspecified atom stereocenters. The van der Waals surface area contributed by atoms with Crippen molar-refractivity contribution in [1.29, 1.82) is 0 Å². The molecule has 1 amide bonds. The van der Waals surface area contributed by atoms with Crippen molar-refractivity contribution in [1.82, 2.24) is 0 Å². The number of nitrogens with one attached hydrogen (secondary N) is 1. The number of alkyl halides is 6. The van der Waals surface area contributed by atoms with E-state index in [-0.39, 0.29) is 11.8 Å². The fraction of sp³-hybridized carbons (Fsp3) is 0.278. The lowest BCUT2D eigenvalue weighted by molar-refractivity contribution is -0.143. The summed E-state index contributed by atoms with van der Waals surface area (Å²) in [6.45, 7) is 1.26. The number of carbonyl (C=O) groups excluding carboxylic acids is 1. The molecule has 0 saturated carbocycles. The lowest BCUT2D eigenvalue weighted by atomic mass is 10.1. The Hall–Kier alpha value is -2.91. The molecule has 0 fully saturated rings. The maximum atomic E-state index is 12.8. The van der Waals surface area contributed by atoms with Crippen molar-refractivity contribution in [3.05, 3.63) is 53.6 Å². The molecule has 152 valence electrons. The summed E-state index contributed by atoms with van der Waals surface area (Å²) in [6.07, 6.45) is -10.0. The van der Waals surface area contributed by atoms with Crippen molar-refractivity contribution in [2.75, 3.05) is 18.5 Å². The number of para-hydroxylation sites is 2. The van der Waals surface area contributed by atoms with Gasteiger partial charge < -0.3 is 14.8 Å². The predicted octanol–water partition coefficient (Wildman–Crippen LogP) is 5.14. The lowest BCUT2D eigenvalue weighted by Gasteiger charge is -2.15. The van der Waals surface area contributed by atoms with Crippen LogP contribution in [0, 0.1) is 0 Å². The standard InChI is InChI=1S/C18H15F6NO3/c1-2-27-15-6-4-3-5-14(15)25-16(26)10-28-13-8-11(17(19,20)21)7-12(9-13)18(22,23)24/h3-9H,2,10H2,1H3,(H,25,26). The smallest absolute Gasteiger partial charge is 0.416 e. The Morgan fingerprint density at radius 1 is 0.929 bits per heavy atom. The maximum absolute atomic E-state index is 12.8. The summed E-state index contributed by atoms with van der Waals surface area (Å²) in [5, 5.41) is 2.42. The minimum atomic E-state index is -5.00. The zero-order valence-corrected chi connectivity index (χ0v) is 14.4. The fourth-order valence-corrected chi connectivity index (χ4v) is 2.20. The molecule has 0 aliphatic heterocycles. The molecular weight excluding hydrogens is 392 g/mol. The van der Waals surface area contributed by atoms with Crippen LogP contribution in [0.2, 0.25) is 0 Å². The van der Waals surface area contributed by atoms with E-state index in [4.69, 9.17) is 9.47 Å². The lowest BCUT2D eigenvalue weighted by Crippen LogP contribution is -2.21. The normalized spacial score (nSPS) is 11.8. The SMILES string of the molecule is CCOc1ccccc1NC(=O)COc1cc(C(F)(F)F)cc(C(F)(F)F)c1. The highest BCUT2D eigenvalue weighted by Gasteiger charge is 2.37. The molecule has 4 nitrogen and oxygen atoms in total. The molecular formula is C18H15F6NO3. The number of rotatable bonds is 6. The van der Waals surface area contributed by atoms with Crippen LogP contribution in [0.15, 0.2) is 42.5 Å². The number of benzene rings is 2. The second kappa shape index (κ2) is 8.41. The molecule has 0 spiro atoms. The monoisotopic (exact) mass is 407 g/mol. The van der Waals surface area contributed by atoms with Crippen LogP contribution in [-0.4, -0.2) is 19.1 Å². The third-order valence-corrected chi connectivity index (χ3v) is 3.39. The van der Waals surface area contributed by atoms with Gasteiger partial charge in [0.2, 0.25) is 0 Å². The van der Waals surface area contributed by atoms with Gasteiger partial charge in [-0.3, -0.25) is 4.79 Å². The third-order valence-electron chi connectivity index (χ3n) is 3.39. The van der Waals surface area contributed by atoms with Crippen molar-refractivity contribution < 1.29 is 40.6 Å². The first-order chi connectivity index (χ1) is 13.0. The van der Waals surface area contributed by atoms with Gasteiger partial charge in [0.25, 0.3) is 5.91 Å². The van der Waals surface area contributed by atoms with E-state index in [1.54, 1.807) is 25.1 Å². The Morgan fingerprint density at radius 2 is 1.50 bits per heavy atom. The average molecular weight is 407 g/mol. The van der Waals surface area contributed by atoms with Gasteiger partial charge in [-0.1, -0.05) is 12.1 Å². The number of halogens is 6. The summed E-state index contributed by atoms with van der Waals surface area (Å²) in [5.74, 6) is -1.15. The fourth-order valence-electron chi connectivity index (χ4n) is 2.20. The first-order valence-corrected chi connectivity index (χ1v) is 7.94. The number of anilines is 1. The number of hydrogen-bond acceptors (Lipinski definition) is 3. The number of carbonyl (C=O) groups is 1. The molecule has 2 aromatic rings. The summed E-state index contributed by atoms with van der Waals surface area (Å²) in [5.41, 5.74) is -2.77. The second-order valence-electron chi connectivity index (χ2n) is 5.51. The molecule has 0 radical (unpaired) electrons. The molecule has 10 heteroatoms. The van der Waals surface area contributed by atoms with Crippen molar-refractivity contribution in [2.24, 2.45) is 0 Å². The topological polar surface area (TPSA) is 47.6 Å². The van der Waals surface area contributed by atoms with Gasteiger partial charge in [-0.2, -0.15) is 26.3 Å². The van der Waals surface area contributed by atoms with Crippen LogP contribution >= 0.6 is 0 Å². The molecule has 0 bridgehead atoms. The molecule has 28 heavy (non-hydrogen) atoms. The van der Waals surface area contributed by atoms with Crippen molar-refractivity contribution in [3.8, 4) is 11.5 Å². The Labute approximate surface area is 156 Å². The van der Waals surface area contributed by atoms with Crippen LogP contribution in [0.5, 0.6) is 11.5 Å². The predicted molar refractivity (Wildman–Crippen MR) is 88.2 cm³/mol. The molecule has 0 aliphatic rings. The first kappa shape index (κ1) is 21.4. The van der Waals surface area contributed by atoms with E-state index in [1.807, 2.05) is 0 Å². The van der Waals surface area contributed by atoms with Gasteiger partial charge in [-0.15, -0.1) is 0 Å². The molecule has 0 aliphatic carbocycles. The van der Waals surface area contributed by atoms with E-state index in [9.17, 15) is 31.1 Å². The van der Waals surface area contributed by atoms with Crippen LogP contribution in [0.25, 0.3) is 0 Å². The van der Waals surface area contributed by atoms with Gasteiger partial charge in [0.15, 0.2) is 6.61 Å². The van der Waals surface area contributed by atoms with Gasteiger partial charge in [-0.25, -0.2) is 0 Å². The van der Waals surface area contributed by atoms with Crippen LogP contribution in [-0.2, 0) is 17.1 Å². The number of amides is 1. The summed E-state index contributed by atoms with van der Waals surface area (Å²) >= 11 is 0. The molecule has 0 aromatic heterocycles. The quantitative estimate of drug-likeness (QED) is 0.675. The van der Waals surface area contributed by atoms with Crippen LogP contribution in [0.1, 0.15) is 18.1 Å². The third kappa shape index (κ3) is 5.80. The average Bonchev–Trinajstić information content (AvgIpc) is 2.60. The molecule has 2 rings (SSSR count). The zero-order valence-electron chi connectivity index (χ0n) is 14.4. The highest BCUT2D eigenvalue weighted by molar-refractivity contribution is 5.93. The van der Waals surface area contributed by atoms with Gasteiger partial charge in [0.05, 0.1) is 23.4 Å². The summed E-state index contributed by atoms with van der Waals surface area (Å²) in [7, 11) is 0. The Balaban J connectivity index is 2.14. The molecule has 0 saturated heterocycles. The largest absolute Gasteiger partial charge is 0.492 e. The highest BCUT2D eigenvalue weighted by atomic mass is 19.4. The maximum Gasteiger partial charge on any atom is 0.416 e. The van der Waals surface area contributed by atoms with Gasteiger partial charge in [0.1, 0.15) is 11.5 Å². The number of ether oxygens (including phenoxy) is 2. The minimum Gasteiger partial charge on any atom is -0.492 e. The van der Waals surface area contributed by atoms with E-state index >= 15 is 0 Å². The zero-order chi connectivity index (χ0) is 20.9. The highest BCUT2D eigenvalue weighted by Crippen LogP contribution is 2.38. The van der Waals surface area contributed by atoms with E-state index < -0.39 is 41.7 Å². The van der Waals surface area contributed by atoms with E-state index in [2.05, 4.69) is 5.32 Å². The molecule has 1 N–H and O–H groups in total. The minimum absolute atomic E-state index is 0.0226. The second-order valence-corrected chi connectivity index (χ2v) is 5.51. The summed E-state index contributed by atoms with van der Waals surface area (Å²) in [6, 6.07) is 7.16. The summed E-state index contributed by atoms with van der Waals surface area (Å²) in [4.78, 5) is 12.0. The number of hydrogen-bond donors (Lipinski definition) is 1.